The first-order valence-corrected chi connectivity index (χ1v) is 8.13. The van der Waals surface area contributed by atoms with Gasteiger partial charge in [-0.1, -0.05) is 24.3 Å². The Hall–Kier alpha value is -1.85. The third kappa shape index (κ3) is 3.25. The molecule has 0 bridgehead atoms. The largest absolute Gasteiger partial charge is 0.392 e. The highest BCUT2D eigenvalue weighted by Gasteiger charge is 2.19. The molecular formula is C16H19NO3S. The number of nitrogens with one attached hydrogen (secondary N) is 1. The lowest BCUT2D eigenvalue weighted by Crippen LogP contribution is -2.15. The molecule has 0 saturated carbocycles. The molecule has 2 aromatic carbocycles. The van der Waals surface area contributed by atoms with Crippen LogP contribution in [0.25, 0.3) is 0 Å². The van der Waals surface area contributed by atoms with E-state index in [1.807, 2.05) is 26.0 Å². The van der Waals surface area contributed by atoms with Crippen molar-refractivity contribution < 1.29 is 13.5 Å². The number of rotatable bonds is 4. The van der Waals surface area contributed by atoms with Crippen molar-refractivity contribution in [1.29, 1.82) is 0 Å². The predicted octanol–water partition coefficient (Wildman–Crippen LogP) is 2.90. The van der Waals surface area contributed by atoms with Gasteiger partial charge in [-0.25, -0.2) is 8.42 Å². The Morgan fingerprint density at radius 1 is 1.00 bits per heavy atom. The van der Waals surface area contributed by atoms with Crippen molar-refractivity contribution in [2.75, 3.05) is 4.72 Å². The van der Waals surface area contributed by atoms with E-state index in [0.29, 0.717) is 16.8 Å². The first-order chi connectivity index (χ1) is 9.85. The lowest BCUT2D eigenvalue weighted by Gasteiger charge is -2.14. The average molecular weight is 305 g/mol. The van der Waals surface area contributed by atoms with Crippen molar-refractivity contribution in [1.82, 2.24) is 0 Å². The molecule has 0 fully saturated rings. The van der Waals surface area contributed by atoms with E-state index in [2.05, 4.69) is 4.72 Å². The highest BCUT2D eigenvalue weighted by Crippen LogP contribution is 2.24. The SMILES string of the molecule is Cc1cc(C)c(S(=O)(=O)Nc2ccccc2C)cc1CO. The summed E-state index contributed by atoms with van der Waals surface area (Å²) < 4.78 is 27.7. The van der Waals surface area contributed by atoms with Gasteiger partial charge >= 0.3 is 0 Å². The minimum absolute atomic E-state index is 0.182. The van der Waals surface area contributed by atoms with Crippen LogP contribution in [0.4, 0.5) is 5.69 Å². The molecule has 112 valence electrons. The molecule has 2 N–H and O–H groups in total. The van der Waals surface area contributed by atoms with Gasteiger partial charge in [0.05, 0.1) is 17.2 Å². The summed E-state index contributed by atoms with van der Waals surface area (Å²) in [4.78, 5) is 0.195. The van der Waals surface area contributed by atoms with Crippen LogP contribution in [0.2, 0.25) is 0 Å². The van der Waals surface area contributed by atoms with Gasteiger partial charge in [-0.05, 0) is 55.2 Å². The third-order valence-electron chi connectivity index (χ3n) is 3.48. The third-order valence-corrected chi connectivity index (χ3v) is 4.99. The molecule has 2 rings (SSSR count). The Bertz CT molecular complexity index is 767. The predicted molar refractivity (Wildman–Crippen MR) is 83.8 cm³/mol. The van der Waals surface area contributed by atoms with Crippen LogP contribution in [0.3, 0.4) is 0 Å². The monoisotopic (exact) mass is 305 g/mol. The molecule has 0 spiro atoms. The molecule has 0 aliphatic heterocycles. The van der Waals surface area contributed by atoms with E-state index >= 15 is 0 Å². The number of hydrogen-bond acceptors (Lipinski definition) is 3. The highest BCUT2D eigenvalue weighted by atomic mass is 32.2. The van der Waals surface area contributed by atoms with Gasteiger partial charge in [-0.3, -0.25) is 4.72 Å². The van der Waals surface area contributed by atoms with E-state index < -0.39 is 10.0 Å². The molecule has 0 heterocycles. The molecule has 21 heavy (non-hydrogen) atoms. The number of anilines is 1. The molecule has 0 aliphatic rings. The van der Waals surface area contributed by atoms with Crippen LogP contribution < -0.4 is 4.72 Å². The first-order valence-electron chi connectivity index (χ1n) is 6.64. The number of benzene rings is 2. The van der Waals surface area contributed by atoms with E-state index in [-0.39, 0.29) is 11.5 Å². The van der Waals surface area contributed by atoms with E-state index in [0.717, 1.165) is 11.1 Å². The van der Waals surface area contributed by atoms with E-state index in [1.54, 1.807) is 25.1 Å². The van der Waals surface area contributed by atoms with Gasteiger partial charge < -0.3 is 5.11 Å². The quantitative estimate of drug-likeness (QED) is 0.912. The smallest absolute Gasteiger partial charge is 0.262 e. The zero-order valence-electron chi connectivity index (χ0n) is 12.3. The summed E-state index contributed by atoms with van der Waals surface area (Å²) in [6, 6.07) is 10.5. The van der Waals surface area contributed by atoms with Crippen molar-refractivity contribution in [2.24, 2.45) is 0 Å². The van der Waals surface area contributed by atoms with Gasteiger partial charge in [0.15, 0.2) is 0 Å². The number of aliphatic hydroxyl groups excluding tert-OH is 1. The Balaban J connectivity index is 2.47. The second kappa shape index (κ2) is 5.87. The number of aliphatic hydroxyl groups is 1. The number of para-hydroxylation sites is 1. The van der Waals surface area contributed by atoms with E-state index in [9.17, 15) is 13.5 Å². The normalized spacial score (nSPS) is 11.4. The molecule has 0 unspecified atom stereocenters. The average Bonchev–Trinajstić information content (AvgIpc) is 2.41. The molecule has 0 saturated heterocycles. The molecular weight excluding hydrogens is 286 g/mol. The summed E-state index contributed by atoms with van der Waals surface area (Å²) >= 11 is 0. The second-order valence-corrected chi connectivity index (χ2v) is 6.77. The molecule has 4 nitrogen and oxygen atoms in total. The zero-order valence-corrected chi connectivity index (χ0v) is 13.2. The zero-order chi connectivity index (χ0) is 15.6. The second-order valence-electron chi connectivity index (χ2n) is 5.12. The van der Waals surface area contributed by atoms with Gasteiger partial charge in [-0.15, -0.1) is 0 Å². The molecule has 0 amide bonds. The summed E-state index contributed by atoms with van der Waals surface area (Å²) in [5, 5.41) is 9.32. The van der Waals surface area contributed by atoms with Crippen LogP contribution in [0.1, 0.15) is 22.3 Å². The summed E-state index contributed by atoms with van der Waals surface area (Å²) in [5.41, 5.74) is 3.57. The maximum atomic E-state index is 12.6. The first kappa shape index (κ1) is 15.5. The van der Waals surface area contributed by atoms with Crippen molar-refractivity contribution in [3.63, 3.8) is 0 Å². The van der Waals surface area contributed by atoms with Crippen LogP contribution in [-0.2, 0) is 16.6 Å². The Labute approximate surface area is 125 Å². The fourth-order valence-electron chi connectivity index (χ4n) is 2.22. The van der Waals surface area contributed by atoms with Gasteiger partial charge in [0.2, 0.25) is 0 Å². The standard InChI is InChI=1S/C16H19NO3S/c1-11-6-4-5-7-15(11)17-21(19,20)16-9-14(10-18)12(2)8-13(16)3/h4-9,17-18H,10H2,1-3H3. The summed E-state index contributed by atoms with van der Waals surface area (Å²) in [5.74, 6) is 0. The Morgan fingerprint density at radius 2 is 1.67 bits per heavy atom. The van der Waals surface area contributed by atoms with Gasteiger partial charge in [0.1, 0.15) is 0 Å². The maximum Gasteiger partial charge on any atom is 0.262 e. The van der Waals surface area contributed by atoms with Gasteiger partial charge in [0.25, 0.3) is 10.0 Å². The summed E-state index contributed by atoms with van der Waals surface area (Å²) in [7, 11) is -3.68. The molecule has 5 heteroatoms. The van der Waals surface area contributed by atoms with Gasteiger partial charge in [-0.2, -0.15) is 0 Å². The lowest BCUT2D eigenvalue weighted by atomic mass is 10.1. The highest BCUT2D eigenvalue weighted by molar-refractivity contribution is 7.92. The van der Waals surface area contributed by atoms with E-state index in [4.69, 9.17) is 0 Å². The molecule has 0 radical (unpaired) electrons. The van der Waals surface area contributed by atoms with Crippen LogP contribution >= 0.6 is 0 Å². The Morgan fingerprint density at radius 3 is 2.29 bits per heavy atom. The van der Waals surface area contributed by atoms with Crippen molar-refractivity contribution in [2.45, 2.75) is 32.3 Å². The summed E-state index contributed by atoms with van der Waals surface area (Å²) in [6.07, 6.45) is 0. The lowest BCUT2D eigenvalue weighted by molar-refractivity contribution is 0.280. The molecule has 0 aromatic heterocycles. The van der Waals surface area contributed by atoms with Crippen LogP contribution in [0, 0.1) is 20.8 Å². The maximum absolute atomic E-state index is 12.6. The van der Waals surface area contributed by atoms with Crippen LogP contribution in [0.15, 0.2) is 41.3 Å². The fraction of sp³-hybridized carbons (Fsp3) is 0.250. The van der Waals surface area contributed by atoms with E-state index in [1.165, 1.54) is 6.07 Å². The topological polar surface area (TPSA) is 66.4 Å². The summed E-state index contributed by atoms with van der Waals surface area (Å²) in [6.45, 7) is 5.27. The Kier molecular flexibility index (Phi) is 4.34. The van der Waals surface area contributed by atoms with Gasteiger partial charge in [0, 0.05) is 0 Å². The minimum Gasteiger partial charge on any atom is -0.392 e. The molecule has 2 aromatic rings. The minimum atomic E-state index is -3.68. The molecule has 0 aliphatic carbocycles. The van der Waals surface area contributed by atoms with Crippen molar-refractivity contribution in [3.8, 4) is 0 Å². The molecule has 0 atom stereocenters. The van der Waals surface area contributed by atoms with Crippen LogP contribution in [0.5, 0.6) is 0 Å². The number of sulfonamides is 1. The van der Waals surface area contributed by atoms with Crippen LogP contribution in [-0.4, -0.2) is 13.5 Å². The number of aryl methyl sites for hydroxylation is 3. The van der Waals surface area contributed by atoms with Crippen molar-refractivity contribution in [3.05, 3.63) is 58.7 Å². The van der Waals surface area contributed by atoms with Crippen molar-refractivity contribution >= 4 is 15.7 Å². The number of hydrogen-bond donors (Lipinski definition) is 2. The fourth-order valence-corrected chi connectivity index (χ4v) is 3.63.